The summed E-state index contributed by atoms with van der Waals surface area (Å²) in [4.78, 5) is 11.7. The SMILES string of the molecule is C[C@@H]1CC(NC(=O)C(C)(C)C)CCC1O. The molecule has 1 rings (SSSR count). The first kappa shape index (κ1) is 12.5. The number of aliphatic hydroxyl groups is 1. The molecule has 0 radical (unpaired) electrons. The molecule has 2 N–H and O–H groups in total. The molecule has 0 aliphatic heterocycles. The highest BCUT2D eigenvalue weighted by atomic mass is 16.3. The van der Waals surface area contributed by atoms with Crippen molar-refractivity contribution in [1.29, 1.82) is 0 Å². The summed E-state index contributed by atoms with van der Waals surface area (Å²) in [6.07, 6.45) is 2.40. The summed E-state index contributed by atoms with van der Waals surface area (Å²) in [5.41, 5.74) is -0.320. The van der Waals surface area contributed by atoms with E-state index in [1.54, 1.807) is 0 Å². The predicted molar refractivity (Wildman–Crippen MR) is 60.4 cm³/mol. The van der Waals surface area contributed by atoms with Gasteiger partial charge in [-0.1, -0.05) is 27.7 Å². The fourth-order valence-corrected chi connectivity index (χ4v) is 1.91. The van der Waals surface area contributed by atoms with E-state index >= 15 is 0 Å². The molecule has 1 amide bonds. The first-order chi connectivity index (χ1) is 6.80. The number of aliphatic hydroxyl groups excluding tert-OH is 1. The normalized spacial score (nSPS) is 32.5. The van der Waals surface area contributed by atoms with Crippen LogP contribution in [0.4, 0.5) is 0 Å². The molecule has 1 saturated carbocycles. The minimum atomic E-state index is -0.320. The van der Waals surface area contributed by atoms with E-state index in [4.69, 9.17) is 0 Å². The Morgan fingerprint density at radius 2 is 1.93 bits per heavy atom. The van der Waals surface area contributed by atoms with E-state index < -0.39 is 0 Å². The van der Waals surface area contributed by atoms with Crippen LogP contribution in [0.5, 0.6) is 0 Å². The number of rotatable bonds is 1. The quantitative estimate of drug-likeness (QED) is 0.696. The number of hydrogen-bond acceptors (Lipinski definition) is 2. The molecule has 3 atom stereocenters. The highest BCUT2D eigenvalue weighted by Crippen LogP contribution is 2.25. The Labute approximate surface area is 92.3 Å². The summed E-state index contributed by atoms with van der Waals surface area (Å²) in [6, 6.07) is 0.245. The third-order valence-corrected chi connectivity index (χ3v) is 3.14. The van der Waals surface area contributed by atoms with Crippen molar-refractivity contribution < 1.29 is 9.90 Å². The Bertz CT molecular complexity index is 232. The molecular formula is C12H23NO2. The van der Waals surface area contributed by atoms with Crippen LogP contribution >= 0.6 is 0 Å². The number of amides is 1. The van der Waals surface area contributed by atoms with Crippen molar-refractivity contribution in [2.75, 3.05) is 0 Å². The second-order valence-electron chi connectivity index (χ2n) is 5.78. The van der Waals surface area contributed by atoms with Gasteiger partial charge in [0.05, 0.1) is 6.10 Å². The highest BCUT2D eigenvalue weighted by Gasteiger charge is 2.29. The second kappa shape index (κ2) is 4.52. The van der Waals surface area contributed by atoms with Crippen LogP contribution in [0.1, 0.15) is 47.0 Å². The van der Waals surface area contributed by atoms with Gasteiger partial charge in [0.15, 0.2) is 0 Å². The van der Waals surface area contributed by atoms with Crippen molar-refractivity contribution in [1.82, 2.24) is 5.32 Å². The minimum absolute atomic E-state index is 0.107. The third kappa shape index (κ3) is 3.49. The molecule has 1 aliphatic carbocycles. The lowest BCUT2D eigenvalue weighted by Gasteiger charge is -2.33. The molecule has 0 aromatic carbocycles. The zero-order valence-corrected chi connectivity index (χ0v) is 10.2. The molecule has 15 heavy (non-hydrogen) atoms. The van der Waals surface area contributed by atoms with Gasteiger partial charge in [-0.2, -0.15) is 0 Å². The van der Waals surface area contributed by atoms with E-state index in [-0.39, 0.29) is 23.5 Å². The largest absolute Gasteiger partial charge is 0.393 e. The fraction of sp³-hybridized carbons (Fsp3) is 0.917. The Morgan fingerprint density at radius 3 is 2.40 bits per heavy atom. The van der Waals surface area contributed by atoms with E-state index in [1.807, 2.05) is 27.7 Å². The lowest BCUT2D eigenvalue weighted by Crippen LogP contribution is -2.45. The first-order valence-electron chi connectivity index (χ1n) is 5.79. The summed E-state index contributed by atoms with van der Waals surface area (Å²) in [5.74, 6) is 0.403. The van der Waals surface area contributed by atoms with Crippen LogP contribution in [0.25, 0.3) is 0 Å². The van der Waals surface area contributed by atoms with Gasteiger partial charge in [0.25, 0.3) is 0 Å². The molecule has 3 nitrogen and oxygen atoms in total. The van der Waals surface area contributed by atoms with Gasteiger partial charge in [-0.3, -0.25) is 4.79 Å². The number of hydrogen-bond donors (Lipinski definition) is 2. The van der Waals surface area contributed by atoms with Gasteiger partial charge in [-0.25, -0.2) is 0 Å². The van der Waals surface area contributed by atoms with E-state index in [9.17, 15) is 9.90 Å². The standard InChI is InChI=1S/C12H23NO2/c1-8-7-9(5-6-10(8)14)13-11(15)12(2,3)4/h8-10,14H,5-7H2,1-4H3,(H,13,15)/t8-,9?,10?/m1/s1. The van der Waals surface area contributed by atoms with Gasteiger partial charge in [0, 0.05) is 11.5 Å². The Hall–Kier alpha value is -0.570. The summed E-state index contributed by atoms with van der Waals surface area (Å²) in [6.45, 7) is 7.80. The van der Waals surface area contributed by atoms with Crippen LogP contribution in [0.2, 0.25) is 0 Å². The molecule has 0 aromatic rings. The fourth-order valence-electron chi connectivity index (χ4n) is 1.91. The maximum Gasteiger partial charge on any atom is 0.225 e. The topological polar surface area (TPSA) is 49.3 Å². The lowest BCUT2D eigenvalue weighted by molar-refractivity contribution is -0.129. The Morgan fingerprint density at radius 1 is 1.33 bits per heavy atom. The van der Waals surface area contributed by atoms with Crippen molar-refractivity contribution in [3.05, 3.63) is 0 Å². The van der Waals surface area contributed by atoms with E-state index in [1.165, 1.54) is 0 Å². The van der Waals surface area contributed by atoms with Crippen molar-refractivity contribution in [2.24, 2.45) is 11.3 Å². The number of carbonyl (C=O) groups excluding carboxylic acids is 1. The third-order valence-electron chi connectivity index (χ3n) is 3.14. The van der Waals surface area contributed by atoms with Crippen molar-refractivity contribution in [3.8, 4) is 0 Å². The average Bonchev–Trinajstić information content (AvgIpc) is 2.10. The second-order valence-corrected chi connectivity index (χ2v) is 5.78. The zero-order chi connectivity index (χ0) is 11.6. The molecule has 2 unspecified atom stereocenters. The summed E-state index contributed by atoms with van der Waals surface area (Å²) < 4.78 is 0. The highest BCUT2D eigenvalue weighted by molar-refractivity contribution is 5.81. The molecule has 1 aliphatic rings. The summed E-state index contributed by atoms with van der Waals surface area (Å²) in [5, 5.41) is 12.6. The van der Waals surface area contributed by atoms with Crippen LogP contribution in [0.3, 0.4) is 0 Å². The monoisotopic (exact) mass is 213 g/mol. The molecule has 0 saturated heterocycles. The maximum atomic E-state index is 11.7. The predicted octanol–water partition coefficient (Wildman–Crippen LogP) is 1.70. The van der Waals surface area contributed by atoms with Crippen molar-refractivity contribution in [3.63, 3.8) is 0 Å². The molecule has 3 heteroatoms. The van der Waals surface area contributed by atoms with Crippen LogP contribution in [0.15, 0.2) is 0 Å². The number of carbonyl (C=O) groups is 1. The molecular weight excluding hydrogens is 190 g/mol. The van der Waals surface area contributed by atoms with Crippen LogP contribution in [-0.4, -0.2) is 23.2 Å². The molecule has 0 bridgehead atoms. The smallest absolute Gasteiger partial charge is 0.225 e. The summed E-state index contributed by atoms with van der Waals surface area (Å²) >= 11 is 0. The number of nitrogens with one attached hydrogen (secondary N) is 1. The molecule has 88 valence electrons. The molecule has 0 aromatic heterocycles. The van der Waals surface area contributed by atoms with Gasteiger partial charge in [0.2, 0.25) is 5.91 Å². The first-order valence-corrected chi connectivity index (χ1v) is 5.79. The minimum Gasteiger partial charge on any atom is -0.393 e. The van der Waals surface area contributed by atoms with Gasteiger partial charge < -0.3 is 10.4 Å². The average molecular weight is 213 g/mol. The van der Waals surface area contributed by atoms with Gasteiger partial charge in [-0.05, 0) is 25.2 Å². The van der Waals surface area contributed by atoms with Gasteiger partial charge in [0.1, 0.15) is 0 Å². The van der Waals surface area contributed by atoms with Crippen LogP contribution in [0, 0.1) is 11.3 Å². The molecule has 0 spiro atoms. The van der Waals surface area contributed by atoms with Crippen molar-refractivity contribution >= 4 is 5.91 Å². The van der Waals surface area contributed by atoms with Gasteiger partial charge >= 0.3 is 0 Å². The Balaban J connectivity index is 2.44. The Kier molecular flexibility index (Phi) is 3.77. The molecule has 1 fully saturated rings. The van der Waals surface area contributed by atoms with E-state index in [0.29, 0.717) is 5.92 Å². The van der Waals surface area contributed by atoms with Crippen LogP contribution < -0.4 is 5.32 Å². The molecule has 0 heterocycles. The summed E-state index contributed by atoms with van der Waals surface area (Å²) in [7, 11) is 0. The lowest BCUT2D eigenvalue weighted by atomic mass is 9.84. The maximum absolute atomic E-state index is 11.7. The van der Waals surface area contributed by atoms with E-state index in [0.717, 1.165) is 19.3 Å². The zero-order valence-electron chi connectivity index (χ0n) is 10.2. The van der Waals surface area contributed by atoms with Gasteiger partial charge in [-0.15, -0.1) is 0 Å². The van der Waals surface area contributed by atoms with Crippen molar-refractivity contribution in [2.45, 2.75) is 59.1 Å². The van der Waals surface area contributed by atoms with Crippen LogP contribution in [-0.2, 0) is 4.79 Å². The van der Waals surface area contributed by atoms with E-state index in [2.05, 4.69) is 5.32 Å².